The maximum Gasteiger partial charge on any atom is 0.215 e. The van der Waals surface area contributed by atoms with Crippen molar-refractivity contribution in [2.75, 3.05) is 20.1 Å². The maximum absolute atomic E-state index is 12.9. The molecule has 0 heterocycles. The summed E-state index contributed by atoms with van der Waals surface area (Å²) in [6, 6.07) is 6.16. The predicted octanol–water partition coefficient (Wildman–Crippen LogP) is 0.896. The van der Waals surface area contributed by atoms with Gasteiger partial charge in [0.15, 0.2) is 0 Å². The van der Waals surface area contributed by atoms with Crippen LogP contribution in [0.3, 0.4) is 0 Å². The molecule has 0 bridgehead atoms. The molecule has 1 atom stereocenters. The van der Waals surface area contributed by atoms with Crippen LogP contribution in [-0.2, 0) is 16.4 Å². The van der Waals surface area contributed by atoms with E-state index in [0.717, 1.165) is 5.56 Å². The minimum Gasteiger partial charge on any atom is -0.318 e. The fourth-order valence-electron chi connectivity index (χ4n) is 1.57. The Morgan fingerprint density at radius 2 is 2.11 bits per heavy atom. The van der Waals surface area contributed by atoms with Crippen LogP contribution in [0.5, 0.6) is 0 Å². The summed E-state index contributed by atoms with van der Waals surface area (Å²) in [6.07, 6.45) is 0.475. The first kappa shape index (κ1) is 15.1. The molecule has 102 valence electrons. The van der Waals surface area contributed by atoms with Crippen LogP contribution in [0.2, 0.25) is 0 Å². The van der Waals surface area contributed by atoms with Gasteiger partial charge in [-0.05, 0) is 38.1 Å². The first-order valence-electron chi connectivity index (χ1n) is 5.83. The van der Waals surface area contributed by atoms with Crippen molar-refractivity contribution in [1.82, 2.24) is 10.0 Å². The lowest BCUT2D eigenvalue weighted by Gasteiger charge is -2.13. The second-order valence-electron chi connectivity index (χ2n) is 4.19. The monoisotopic (exact) mass is 274 g/mol. The van der Waals surface area contributed by atoms with Gasteiger partial charge in [-0.3, -0.25) is 0 Å². The molecule has 0 saturated carbocycles. The summed E-state index contributed by atoms with van der Waals surface area (Å²) in [6.45, 7) is 2.32. The molecule has 1 unspecified atom stereocenters. The lowest BCUT2D eigenvalue weighted by Crippen LogP contribution is -2.38. The van der Waals surface area contributed by atoms with Crippen LogP contribution in [0.25, 0.3) is 0 Å². The molecule has 1 aromatic carbocycles. The van der Waals surface area contributed by atoms with Crippen molar-refractivity contribution in [3.63, 3.8) is 0 Å². The Hall–Kier alpha value is -0.980. The van der Waals surface area contributed by atoms with Crippen molar-refractivity contribution >= 4 is 10.0 Å². The molecule has 0 aliphatic heterocycles. The van der Waals surface area contributed by atoms with E-state index in [0.29, 0.717) is 13.0 Å². The Bertz CT molecular complexity index is 477. The Labute approximate surface area is 108 Å². The van der Waals surface area contributed by atoms with Gasteiger partial charge in [0, 0.05) is 13.1 Å². The lowest BCUT2D eigenvalue weighted by atomic mass is 10.1. The zero-order valence-electron chi connectivity index (χ0n) is 10.6. The van der Waals surface area contributed by atoms with Crippen LogP contribution in [0.15, 0.2) is 24.3 Å². The molecule has 0 fully saturated rings. The van der Waals surface area contributed by atoms with E-state index in [1.54, 1.807) is 26.1 Å². The van der Waals surface area contributed by atoms with Gasteiger partial charge < -0.3 is 5.32 Å². The summed E-state index contributed by atoms with van der Waals surface area (Å²) in [5.74, 6) is -0.307. The molecule has 0 aromatic heterocycles. The summed E-state index contributed by atoms with van der Waals surface area (Å²) in [5.41, 5.74) is 0.777. The van der Waals surface area contributed by atoms with Crippen LogP contribution in [0.4, 0.5) is 4.39 Å². The Kier molecular flexibility index (Phi) is 5.71. The van der Waals surface area contributed by atoms with Crippen LogP contribution in [0, 0.1) is 5.82 Å². The van der Waals surface area contributed by atoms with E-state index >= 15 is 0 Å². The van der Waals surface area contributed by atoms with Crippen molar-refractivity contribution in [3.8, 4) is 0 Å². The van der Waals surface area contributed by atoms with E-state index < -0.39 is 15.3 Å². The number of hydrogen-bond acceptors (Lipinski definition) is 3. The first-order chi connectivity index (χ1) is 8.45. The van der Waals surface area contributed by atoms with E-state index in [1.807, 2.05) is 0 Å². The summed E-state index contributed by atoms with van der Waals surface area (Å²) >= 11 is 0. The van der Waals surface area contributed by atoms with Crippen molar-refractivity contribution in [1.29, 1.82) is 0 Å². The number of benzene rings is 1. The standard InChI is InChI=1S/C12H19FN2O2S/c1-10(9-14-2)18(16,17)15-7-6-11-4-3-5-12(13)8-11/h3-5,8,10,14-15H,6-7,9H2,1-2H3. The maximum atomic E-state index is 12.9. The van der Waals surface area contributed by atoms with E-state index in [-0.39, 0.29) is 12.4 Å². The molecule has 6 heteroatoms. The molecule has 18 heavy (non-hydrogen) atoms. The molecule has 0 spiro atoms. The van der Waals surface area contributed by atoms with Gasteiger partial charge in [-0.25, -0.2) is 17.5 Å². The number of rotatable bonds is 7. The average molecular weight is 274 g/mol. The molecule has 2 N–H and O–H groups in total. The van der Waals surface area contributed by atoms with Crippen molar-refractivity contribution in [2.45, 2.75) is 18.6 Å². The third-order valence-electron chi connectivity index (χ3n) is 2.63. The zero-order chi connectivity index (χ0) is 13.6. The summed E-state index contributed by atoms with van der Waals surface area (Å²) in [5, 5.41) is 2.33. The molecule has 0 aliphatic carbocycles. The SMILES string of the molecule is CNCC(C)S(=O)(=O)NCCc1cccc(F)c1. The zero-order valence-corrected chi connectivity index (χ0v) is 11.4. The predicted molar refractivity (Wildman–Crippen MR) is 70.4 cm³/mol. The van der Waals surface area contributed by atoms with Gasteiger partial charge >= 0.3 is 0 Å². The van der Waals surface area contributed by atoms with Crippen LogP contribution in [0.1, 0.15) is 12.5 Å². The smallest absolute Gasteiger partial charge is 0.215 e. The van der Waals surface area contributed by atoms with Gasteiger partial charge in [-0.1, -0.05) is 12.1 Å². The number of sulfonamides is 1. The Morgan fingerprint density at radius 1 is 1.39 bits per heavy atom. The quantitative estimate of drug-likeness (QED) is 0.776. The minimum absolute atomic E-state index is 0.278. The molecule has 0 amide bonds. The van der Waals surface area contributed by atoms with Crippen LogP contribution < -0.4 is 10.0 Å². The third-order valence-corrected chi connectivity index (χ3v) is 4.46. The highest BCUT2D eigenvalue weighted by atomic mass is 32.2. The van der Waals surface area contributed by atoms with Gasteiger partial charge in [-0.2, -0.15) is 0 Å². The van der Waals surface area contributed by atoms with Gasteiger partial charge in [-0.15, -0.1) is 0 Å². The molecule has 0 radical (unpaired) electrons. The number of hydrogen-bond donors (Lipinski definition) is 2. The molecule has 0 saturated heterocycles. The van der Waals surface area contributed by atoms with Crippen molar-refractivity contribution in [3.05, 3.63) is 35.6 Å². The summed E-state index contributed by atoms with van der Waals surface area (Å²) in [7, 11) is -1.60. The normalized spacial score (nSPS) is 13.5. The fourth-order valence-corrected chi connectivity index (χ4v) is 2.63. The molecular formula is C12H19FN2O2S. The average Bonchev–Trinajstić information content (AvgIpc) is 2.29. The highest BCUT2D eigenvalue weighted by Gasteiger charge is 2.18. The van der Waals surface area contributed by atoms with Crippen molar-refractivity contribution < 1.29 is 12.8 Å². The van der Waals surface area contributed by atoms with Crippen LogP contribution >= 0.6 is 0 Å². The van der Waals surface area contributed by atoms with Gasteiger partial charge in [0.05, 0.1) is 5.25 Å². The highest BCUT2D eigenvalue weighted by molar-refractivity contribution is 7.90. The molecule has 4 nitrogen and oxygen atoms in total. The molecule has 0 aliphatic rings. The second kappa shape index (κ2) is 6.82. The number of nitrogens with one attached hydrogen (secondary N) is 2. The molecule has 1 aromatic rings. The third kappa shape index (κ3) is 4.72. The first-order valence-corrected chi connectivity index (χ1v) is 7.38. The number of halogens is 1. The largest absolute Gasteiger partial charge is 0.318 e. The van der Waals surface area contributed by atoms with E-state index in [1.165, 1.54) is 12.1 Å². The lowest BCUT2D eigenvalue weighted by molar-refractivity contribution is 0.563. The van der Waals surface area contributed by atoms with E-state index in [4.69, 9.17) is 0 Å². The second-order valence-corrected chi connectivity index (χ2v) is 6.37. The fraction of sp³-hybridized carbons (Fsp3) is 0.500. The topological polar surface area (TPSA) is 58.2 Å². The summed E-state index contributed by atoms with van der Waals surface area (Å²) < 4.78 is 38.9. The van der Waals surface area contributed by atoms with Crippen LogP contribution in [-0.4, -0.2) is 33.8 Å². The van der Waals surface area contributed by atoms with Gasteiger partial charge in [0.25, 0.3) is 0 Å². The Morgan fingerprint density at radius 3 is 2.72 bits per heavy atom. The molecule has 1 rings (SSSR count). The van der Waals surface area contributed by atoms with E-state index in [9.17, 15) is 12.8 Å². The van der Waals surface area contributed by atoms with Gasteiger partial charge in [0.2, 0.25) is 10.0 Å². The van der Waals surface area contributed by atoms with E-state index in [2.05, 4.69) is 10.0 Å². The summed E-state index contributed by atoms with van der Waals surface area (Å²) in [4.78, 5) is 0. The minimum atomic E-state index is -3.31. The Balaban J connectivity index is 2.46. The van der Waals surface area contributed by atoms with Gasteiger partial charge in [0.1, 0.15) is 5.82 Å². The molecular weight excluding hydrogens is 255 g/mol. The van der Waals surface area contributed by atoms with Crippen molar-refractivity contribution in [2.24, 2.45) is 0 Å². The highest BCUT2D eigenvalue weighted by Crippen LogP contribution is 2.04.